The van der Waals surface area contributed by atoms with Crippen LogP contribution in [0.2, 0.25) is 0 Å². The van der Waals surface area contributed by atoms with Gasteiger partial charge in [0.2, 0.25) is 11.8 Å². The molecule has 0 spiro atoms. The van der Waals surface area contributed by atoms with Gasteiger partial charge in [0, 0.05) is 23.4 Å². The average Bonchev–Trinajstić information content (AvgIpc) is 3.64. The lowest BCUT2D eigenvalue weighted by molar-refractivity contribution is -0.117. The number of hydrogen-bond donors (Lipinski definition) is 2. The molecule has 2 N–H and O–H groups in total. The summed E-state index contributed by atoms with van der Waals surface area (Å²) in [5, 5.41) is 5.70. The number of nitrogens with one attached hydrogen (secondary N) is 2. The van der Waals surface area contributed by atoms with Gasteiger partial charge in [-0.2, -0.15) is 0 Å². The Hall–Kier alpha value is -3.86. The van der Waals surface area contributed by atoms with Crippen LogP contribution in [0, 0.1) is 5.92 Å². The zero-order valence-electron chi connectivity index (χ0n) is 17.1. The molecule has 4 rings (SSSR count). The first-order valence-corrected chi connectivity index (χ1v) is 10.3. The van der Waals surface area contributed by atoms with Crippen molar-refractivity contribution >= 4 is 29.3 Å². The third-order valence-electron chi connectivity index (χ3n) is 4.90. The van der Waals surface area contributed by atoms with Gasteiger partial charge in [0.25, 0.3) is 0 Å². The molecule has 1 aliphatic carbocycles. The highest BCUT2D eigenvalue weighted by Crippen LogP contribution is 2.30. The molecule has 0 aromatic heterocycles. The molecule has 2 amide bonds. The smallest absolute Gasteiger partial charge is 0.248 e. The molecule has 5 nitrogen and oxygen atoms in total. The number of ether oxygens (including phenoxy) is 1. The highest BCUT2D eigenvalue weighted by molar-refractivity contribution is 6.02. The van der Waals surface area contributed by atoms with Crippen LogP contribution >= 0.6 is 0 Å². The largest absolute Gasteiger partial charge is 0.489 e. The minimum absolute atomic E-state index is 0.0645. The second kappa shape index (κ2) is 9.76. The van der Waals surface area contributed by atoms with Crippen LogP contribution in [0.4, 0.5) is 11.4 Å². The normalized spacial score (nSPS) is 13.0. The first kappa shape index (κ1) is 20.4. The molecule has 0 unspecified atom stereocenters. The van der Waals surface area contributed by atoms with E-state index in [2.05, 4.69) is 10.6 Å². The molecule has 3 aromatic carbocycles. The van der Waals surface area contributed by atoms with E-state index in [-0.39, 0.29) is 17.7 Å². The fraction of sp³-hybridized carbons (Fsp3) is 0.154. The van der Waals surface area contributed by atoms with Crippen LogP contribution in [0.15, 0.2) is 84.9 Å². The predicted molar refractivity (Wildman–Crippen MR) is 123 cm³/mol. The summed E-state index contributed by atoms with van der Waals surface area (Å²) >= 11 is 0. The summed E-state index contributed by atoms with van der Waals surface area (Å²) in [5.74, 6) is 0.738. The highest BCUT2D eigenvalue weighted by atomic mass is 16.5. The lowest BCUT2D eigenvalue weighted by Crippen LogP contribution is -2.13. The Morgan fingerprint density at radius 3 is 2.29 bits per heavy atom. The molecule has 0 heterocycles. The molecule has 31 heavy (non-hydrogen) atoms. The molecule has 1 aliphatic rings. The Morgan fingerprint density at radius 2 is 1.58 bits per heavy atom. The Balaban J connectivity index is 1.29. The summed E-state index contributed by atoms with van der Waals surface area (Å²) < 4.78 is 5.83. The van der Waals surface area contributed by atoms with Gasteiger partial charge in [0.15, 0.2) is 0 Å². The number of amides is 2. The lowest BCUT2D eigenvalue weighted by atomic mass is 10.2. The third-order valence-corrected chi connectivity index (χ3v) is 4.90. The number of rotatable bonds is 8. The van der Waals surface area contributed by atoms with E-state index >= 15 is 0 Å². The highest BCUT2D eigenvalue weighted by Gasteiger charge is 2.29. The molecule has 1 fully saturated rings. The van der Waals surface area contributed by atoms with Crippen molar-refractivity contribution in [3.63, 3.8) is 0 Å². The lowest BCUT2D eigenvalue weighted by Gasteiger charge is -2.07. The molecule has 156 valence electrons. The van der Waals surface area contributed by atoms with Crippen LogP contribution in [-0.4, -0.2) is 11.8 Å². The fourth-order valence-electron chi connectivity index (χ4n) is 3.03. The van der Waals surface area contributed by atoms with E-state index in [0.717, 1.165) is 35.4 Å². The van der Waals surface area contributed by atoms with Crippen LogP contribution in [0.5, 0.6) is 5.75 Å². The van der Waals surface area contributed by atoms with Crippen molar-refractivity contribution < 1.29 is 14.3 Å². The molecule has 0 atom stereocenters. The van der Waals surface area contributed by atoms with E-state index in [1.165, 1.54) is 6.08 Å². The van der Waals surface area contributed by atoms with Gasteiger partial charge in [0.05, 0.1) is 0 Å². The van der Waals surface area contributed by atoms with Crippen LogP contribution in [0.1, 0.15) is 24.0 Å². The average molecular weight is 412 g/mol. The summed E-state index contributed by atoms with van der Waals surface area (Å²) in [4.78, 5) is 24.0. The first-order chi connectivity index (χ1) is 15.2. The SMILES string of the molecule is O=C(/C=C/c1cccc(OCc2ccccc2)c1)Nc1ccc(NC(=O)C2CC2)cc1. The summed E-state index contributed by atoms with van der Waals surface area (Å²) in [7, 11) is 0. The number of hydrogen-bond acceptors (Lipinski definition) is 3. The molecule has 0 saturated heterocycles. The standard InChI is InChI=1S/C26H24N2O3/c29-25(27-22-12-14-23(15-13-22)28-26(30)21-10-11-21)16-9-19-7-4-8-24(17-19)31-18-20-5-2-1-3-6-20/h1-9,12-17,21H,10-11,18H2,(H,27,29)(H,28,30)/b16-9+. The number of carbonyl (C=O) groups is 2. The molecule has 5 heteroatoms. The fourth-order valence-corrected chi connectivity index (χ4v) is 3.03. The number of carbonyl (C=O) groups excluding carboxylic acids is 2. The van der Waals surface area contributed by atoms with Gasteiger partial charge in [-0.25, -0.2) is 0 Å². The van der Waals surface area contributed by atoms with Crippen molar-refractivity contribution in [1.82, 2.24) is 0 Å². The van der Waals surface area contributed by atoms with E-state index < -0.39 is 0 Å². The number of benzene rings is 3. The van der Waals surface area contributed by atoms with Gasteiger partial charge in [-0.3, -0.25) is 9.59 Å². The van der Waals surface area contributed by atoms with Crippen LogP contribution < -0.4 is 15.4 Å². The Bertz CT molecular complexity index is 1070. The zero-order chi connectivity index (χ0) is 21.5. The van der Waals surface area contributed by atoms with Gasteiger partial charge >= 0.3 is 0 Å². The summed E-state index contributed by atoms with van der Waals surface area (Å²) in [6, 6.07) is 24.7. The maximum atomic E-state index is 12.2. The van der Waals surface area contributed by atoms with Gasteiger partial charge in [-0.1, -0.05) is 42.5 Å². The number of anilines is 2. The van der Waals surface area contributed by atoms with E-state index in [1.54, 1.807) is 30.3 Å². The third kappa shape index (κ3) is 6.31. The first-order valence-electron chi connectivity index (χ1n) is 10.3. The Morgan fingerprint density at radius 1 is 0.871 bits per heavy atom. The second-order valence-corrected chi connectivity index (χ2v) is 7.51. The van der Waals surface area contributed by atoms with Crippen molar-refractivity contribution in [2.45, 2.75) is 19.4 Å². The molecule has 0 aliphatic heterocycles. The minimum atomic E-state index is -0.231. The van der Waals surface area contributed by atoms with Crippen LogP contribution in [0.3, 0.4) is 0 Å². The van der Waals surface area contributed by atoms with Crippen LogP contribution in [-0.2, 0) is 16.2 Å². The van der Waals surface area contributed by atoms with Crippen molar-refractivity contribution in [2.75, 3.05) is 10.6 Å². The van der Waals surface area contributed by atoms with Gasteiger partial charge < -0.3 is 15.4 Å². The van der Waals surface area contributed by atoms with E-state index in [9.17, 15) is 9.59 Å². The maximum Gasteiger partial charge on any atom is 0.248 e. The van der Waals surface area contributed by atoms with Crippen LogP contribution in [0.25, 0.3) is 6.08 Å². The van der Waals surface area contributed by atoms with Crippen molar-refractivity contribution in [3.8, 4) is 5.75 Å². The summed E-state index contributed by atoms with van der Waals surface area (Å²) in [5.41, 5.74) is 3.37. The molecule has 1 saturated carbocycles. The molecule has 3 aromatic rings. The van der Waals surface area contributed by atoms with E-state index in [4.69, 9.17) is 4.74 Å². The Labute approximate surface area is 181 Å². The molecule has 0 radical (unpaired) electrons. The summed E-state index contributed by atoms with van der Waals surface area (Å²) in [6.45, 7) is 0.492. The topological polar surface area (TPSA) is 67.4 Å². The van der Waals surface area contributed by atoms with Crippen molar-refractivity contribution in [1.29, 1.82) is 0 Å². The van der Waals surface area contributed by atoms with Crippen molar-refractivity contribution in [2.24, 2.45) is 5.92 Å². The summed E-state index contributed by atoms with van der Waals surface area (Å²) in [6.07, 6.45) is 5.16. The minimum Gasteiger partial charge on any atom is -0.489 e. The molecular formula is C26H24N2O3. The quantitative estimate of drug-likeness (QED) is 0.496. The van der Waals surface area contributed by atoms with E-state index in [1.807, 2.05) is 54.6 Å². The molecular weight excluding hydrogens is 388 g/mol. The predicted octanol–water partition coefficient (Wildman–Crippen LogP) is 5.27. The molecule has 0 bridgehead atoms. The zero-order valence-corrected chi connectivity index (χ0v) is 17.1. The van der Waals surface area contributed by atoms with Gasteiger partial charge in [0.1, 0.15) is 12.4 Å². The Kier molecular flexibility index (Phi) is 6.43. The van der Waals surface area contributed by atoms with Gasteiger partial charge in [-0.15, -0.1) is 0 Å². The monoisotopic (exact) mass is 412 g/mol. The maximum absolute atomic E-state index is 12.2. The van der Waals surface area contributed by atoms with E-state index in [0.29, 0.717) is 12.3 Å². The second-order valence-electron chi connectivity index (χ2n) is 7.51. The van der Waals surface area contributed by atoms with Gasteiger partial charge in [-0.05, 0) is 66.4 Å². The van der Waals surface area contributed by atoms with Crippen molar-refractivity contribution in [3.05, 3.63) is 96.1 Å².